The quantitative estimate of drug-likeness (QED) is 0.653. The highest BCUT2D eigenvalue weighted by Crippen LogP contribution is 2.34. The Kier molecular flexibility index (Phi) is 6.50. The fourth-order valence-electron chi connectivity index (χ4n) is 3.45. The summed E-state index contributed by atoms with van der Waals surface area (Å²) in [5.41, 5.74) is 2.04. The molecule has 5 nitrogen and oxygen atoms in total. The van der Waals surface area contributed by atoms with Gasteiger partial charge >= 0.3 is 0 Å². The predicted molar refractivity (Wildman–Crippen MR) is 121 cm³/mol. The Labute approximate surface area is 180 Å². The van der Waals surface area contributed by atoms with Gasteiger partial charge in [-0.05, 0) is 54.1 Å². The minimum absolute atomic E-state index is 0.0887. The molecule has 0 spiro atoms. The van der Waals surface area contributed by atoms with Gasteiger partial charge in [-0.1, -0.05) is 31.2 Å². The second-order valence-corrected chi connectivity index (χ2v) is 8.12. The molecule has 0 radical (unpaired) electrons. The number of amidine groups is 1. The van der Waals surface area contributed by atoms with Crippen LogP contribution >= 0.6 is 11.8 Å². The molecule has 2 heterocycles. The van der Waals surface area contributed by atoms with Crippen LogP contribution in [-0.2, 0) is 9.53 Å². The second-order valence-electron chi connectivity index (χ2n) is 7.11. The summed E-state index contributed by atoms with van der Waals surface area (Å²) in [6.07, 6.45) is 2.58. The van der Waals surface area contributed by atoms with Crippen molar-refractivity contribution in [1.82, 2.24) is 4.90 Å². The molecular weight excluding hydrogens is 401 g/mol. The van der Waals surface area contributed by atoms with Gasteiger partial charge in [0.2, 0.25) is 0 Å². The first-order valence-electron chi connectivity index (χ1n) is 10.1. The zero-order valence-electron chi connectivity index (χ0n) is 16.9. The van der Waals surface area contributed by atoms with Crippen LogP contribution in [0.1, 0.15) is 18.9 Å². The molecule has 0 bridgehead atoms. The molecule has 2 aromatic carbocycles. The topological polar surface area (TPSA) is 45.1 Å². The fraction of sp³-hybridized carbons (Fsp3) is 0.304. The number of hydrogen-bond acceptors (Lipinski definition) is 5. The van der Waals surface area contributed by atoms with Crippen molar-refractivity contribution < 1.29 is 13.9 Å². The molecule has 30 heavy (non-hydrogen) atoms. The number of anilines is 1. The summed E-state index contributed by atoms with van der Waals surface area (Å²) in [6, 6.07) is 14.7. The van der Waals surface area contributed by atoms with E-state index >= 15 is 0 Å². The lowest BCUT2D eigenvalue weighted by molar-refractivity contribution is -0.122. The second kappa shape index (κ2) is 9.45. The number of halogens is 1. The Bertz CT molecular complexity index is 972. The van der Waals surface area contributed by atoms with Crippen molar-refractivity contribution in [3.05, 3.63) is 64.8 Å². The van der Waals surface area contributed by atoms with Crippen LogP contribution in [0.3, 0.4) is 0 Å². The number of hydrogen-bond donors (Lipinski definition) is 0. The Morgan fingerprint density at radius 1 is 1.17 bits per heavy atom. The molecule has 0 aliphatic carbocycles. The monoisotopic (exact) mass is 425 g/mol. The number of rotatable bonds is 5. The number of amides is 1. The summed E-state index contributed by atoms with van der Waals surface area (Å²) in [7, 11) is 0. The number of morpholine rings is 1. The first-order chi connectivity index (χ1) is 14.7. The summed E-state index contributed by atoms with van der Waals surface area (Å²) < 4.78 is 20.1. The van der Waals surface area contributed by atoms with Crippen molar-refractivity contribution >= 4 is 40.3 Å². The van der Waals surface area contributed by atoms with E-state index in [4.69, 9.17) is 4.74 Å². The third-order valence-corrected chi connectivity index (χ3v) is 5.94. The number of thioether (sulfide) groups is 1. The van der Waals surface area contributed by atoms with E-state index in [1.54, 1.807) is 17.0 Å². The van der Waals surface area contributed by atoms with Crippen molar-refractivity contribution in [3.63, 3.8) is 0 Å². The van der Waals surface area contributed by atoms with E-state index in [1.807, 2.05) is 48.2 Å². The smallest absolute Gasteiger partial charge is 0.266 e. The van der Waals surface area contributed by atoms with Crippen molar-refractivity contribution in [2.45, 2.75) is 13.3 Å². The number of para-hydroxylation sites is 1. The summed E-state index contributed by atoms with van der Waals surface area (Å²) in [6.45, 7) is 5.19. The molecule has 156 valence electrons. The van der Waals surface area contributed by atoms with Gasteiger partial charge in [0.25, 0.3) is 5.91 Å². The Morgan fingerprint density at radius 2 is 1.93 bits per heavy atom. The van der Waals surface area contributed by atoms with Crippen LogP contribution < -0.4 is 4.90 Å². The van der Waals surface area contributed by atoms with Gasteiger partial charge < -0.3 is 9.64 Å². The lowest BCUT2D eigenvalue weighted by atomic mass is 10.1. The molecule has 0 atom stereocenters. The molecular formula is C23H24FN3O2S. The third-order valence-electron chi connectivity index (χ3n) is 4.94. The summed E-state index contributed by atoms with van der Waals surface area (Å²) in [5.74, 6) is -0.375. The van der Waals surface area contributed by atoms with Gasteiger partial charge in [0.1, 0.15) is 5.82 Å². The Hall–Kier alpha value is -2.64. The number of aliphatic imine (C=N–C) groups is 1. The van der Waals surface area contributed by atoms with E-state index in [0.717, 1.165) is 12.1 Å². The van der Waals surface area contributed by atoms with E-state index in [2.05, 4.69) is 4.99 Å². The van der Waals surface area contributed by atoms with Gasteiger partial charge in [-0.25, -0.2) is 9.38 Å². The lowest BCUT2D eigenvalue weighted by Crippen LogP contribution is -2.36. The molecule has 7 heteroatoms. The molecule has 0 aromatic heterocycles. The SMILES string of the molecule is CCCN1C(=O)/C(=C/c2ccc(N3CCOCC3)c(F)c2)SC1=Nc1ccccc1. The average Bonchev–Trinajstić information content (AvgIpc) is 3.04. The molecule has 2 aliphatic rings. The van der Waals surface area contributed by atoms with Gasteiger partial charge in [0, 0.05) is 19.6 Å². The largest absolute Gasteiger partial charge is 0.378 e. The highest BCUT2D eigenvalue weighted by molar-refractivity contribution is 8.18. The zero-order chi connectivity index (χ0) is 20.9. The minimum atomic E-state index is -0.287. The van der Waals surface area contributed by atoms with Gasteiger partial charge in [0.05, 0.1) is 29.5 Å². The molecule has 0 N–H and O–H groups in total. The van der Waals surface area contributed by atoms with E-state index in [1.165, 1.54) is 17.8 Å². The summed E-state index contributed by atoms with van der Waals surface area (Å²) in [5, 5.41) is 0.657. The maximum absolute atomic E-state index is 14.7. The zero-order valence-corrected chi connectivity index (χ0v) is 17.7. The minimum Gasteiger partial charge on any atom is -0.378 e. The normalized spacial score (nSPS) is 19.9. The molecule has 0 unspecified atom stereocenters. The van der Waals surface area contributed by atoms with Crippen LogP contribution in [0.2, 0.25) is 0 Å². The highest BCUT2D eigenvalue weighted by atomic mass is 32.2. The molecule has 2 aliphatic heterocycles. The number of carbonyl (C=O) groups is 1. The van der Waals surface area contributed by atoms with Gasteiger partial charge in [-0.15, -0.1) is 0 Å². The standard InChI is InChI=1S/C23H24FN3O2S/c1-2-10-27-22(28)21(30-23(27)25-18-6-4-3-5-7-18)16-17-8-9-20(19(24)15-17)26-11-13-29-14-12-26/h3-9,15-16H,2,10-14H2,1H3/b21-16-,25-23?. The molecule has 2 fully saturated rings. The third kappa shape index (κ3) is 4.57. The maximum Gasteiger partial charge on any atom is 0.266 e. The van der Waals surface area contributed by atoms with E-state index in [9.17, 15) is 9.18 Å². The van der Waals surface area contributed by atoms with Crippen LogP contribution in [0.4, 0.5) is 15.8 Å². The van der Waals surface area contributed by atoms with Crippen molar-refractivity contribution in [1.29, 1.82) is 0 Å². The van der Waals surface area contributed by atoms with Crippen LogP contribution in [0.5, 0.6) is 0 Å². The van der Waals surface area contributed by atoms with Crippen LogP contribution in [0.15, 0.2) is 58.4 Å². The first kappa shape index (κ1) is 20.6. The molecule has 4 rings (SSSR count). The van der Waals surface area contributed by atoms with Crippen molar-refractivity contribution in [3.8, 4) is 0 Å². The molecule has 1 amide bonds. The predicted octanol–water partition coefficient (Wildman–Crippen LogP) is 4.68. The molecule has 2 aromatic rings. The lowest BCUT2D eigenvalue weighted by Gasteiger charge is -2.29. The average molecular weight is 426 g/mol. The molecule has 0 saturated carbocycles. The van der Waals surface area contributed by atoms with Crippen LogP contribution in [0, 0.1) is 5.82 Å². The number of benzene rings is 2. The van der Waals surface area contributed by atoms with Gasteiger partial charge in [-0.3, -0.25) is 9.69 Å². The van der Waals surface area contributed by atoms with Crippen molar-refractivity contribution in [2.75, 3.05) is 37.7 Å². The maximum atomic E-state index is 14.7. The van der Waals surface area contributed by atoms with E-state index in [-0.39, 0.29) is 11.7 Å². The number of nitrogens with zero attached hydrogens (tertiary/aromatic N) is 3. The van der Waals surface area contributed by atoms with Crippen molar-refractivity contribution in [2.24, 2.45) is 4.99 Å². The summed E-state index contributed by atoms with van der Waals surface area (Å²) in [4.78, 5) is 21.8. The van der Waals surface area contributed by atoms with E-state index < -0.39 is 0 Å². The summed E-state index contributed by atoms with van der Waals surface area (Å²) >= 11 is 1.33. The van der Waals surface area contributed by atoms with Gasteiger partial charge in [-0.2, -0.15) is 0 Å². The number of carbonyl (C=O) groups excluding carboxylic acids is 1. The van der Waals surface area contributed by atoms with Crippen LogP contribution in [-0.4, -0.2) is 48.8 Å². The van der Waals surface area contributed by atoms with E-state index in [0.29, 0.717) is 54.2 Å². The Balaban J connectivity index is 1.59. The van der Waals surface area contributed by atoms with Crippen LogP contribution in [0.25, 0.3) is 6.08 Å². The fourth-order valence-corrected chi connectivity index (χ4v) is 4.47. The van der Waals surface area contributed by atoms with Gasteiger partial charge in [0.15, 0.2) is 5.17 Å². The highest BCUT2D eigenvalue weighted by Gasteiger charge is 2.32. The Morgan fingerprint density at radius 3 is 2.63 bits per heavy atom. The first-order valence-corrected chi connectivity index (χ1v) is 10.9. The number of ether oxygens (including phenoxy) is 1. The molecule has 2 saturated heterocycles.